The minimum absolute atomic E-state index is 0.0552. The third kappa shape index (κ3) is 3.89. The molecule has 4 rings (SSSR count). The van der Waals surface area contributed by atoms with Gasteiger partial charge in [-0.1, -0.05) is 12.1 Å². The Morgan fingerprint density at radius 3 is 2.46 bits per heavy atom. The standard InChI is InChI=1S/C21H26N4O3/c1-27-19-5-3-2-4-18(19)23-8-10-24(11-9-23)20-16-17(6-7-22-20)21(26)25-12-14-28-15-13-25/h2-7,16H,8-15H2,1H3. The number of carbonyl (C=O) groups excluding carboxylic acids is 1. The maximum absolute atomic E-state index is 12.7. The summed E-state index contributed by atoms with van der Waals surface area (Å²) in [5.41, 5.74) is 1.81. The fourth-order valence-electron chi connectivity index (χ4n) is 3.74. The van der Waals surface area contributed by atoms with Crippen LogP contribution in [0.4, 0.5) is 11.5 Å². The third-order valence-electron chi connectivity index (χ3n) is 5.32. The van der Waals surface area contributed by atoms with Crippen LogP contribution in [-0.4, -0.2) is 75.4 Å². The van der Waals surface area contributed by atoms with E-state index in [0.29, 0.717) is 31.9 Å². The minimum atomic E-state index is 0.0552. The Bertz CT molecular complexity index is 815. The average Bonchev–Trinajstić information content (AvgIpc) is 2.79. The molecule has 7 nitrogen and oxygen atoms in total. The first kappa shape index (κ1) is 18.6. The Labute approximate surface area is 165 Å². The molecule has 1 aromatic carbocycles. The largest absolute Gasteiger partial charge is 0.495 e. The highest BCUT2D eigenvalue weighted by atomic mass is 16.5. The quantitative estimate of drug-likeness (QED) is 0.805. The van der Waals surface area contributed by atoms with Gasteiger partial charge in [0.1, 0.15) is 11.6 Å². The second-order valence-corrected chi connectivity index (χ2v) is 6.95. The number of nitrogens with zero attached hydrogens (tertiary/aromatic N) is 4. The molecule has 0 saturated carbocycles. The maximum Gasteiger partial charge on any atom is 0.254 e. The first-order chi connectivity index (χ1) is 13.8. The van der Waals surface area contributed by atoms with Crippen molar-refractivity contribution in [1.82, 2.24) is 9.88 Å². The van der Waals surface area contributed by atoms with Crippen molar-refractivity contribution in [2.45, 2.75) is 0 Å². The summed E-state index contributed by atoms with van der Waals surface area (Å²) >= 11 is 0. The van der Waals surface area contributed by atoms with Gasteiger partial charge >= 0.3 is 0 Å². The number of para-hydroxylation sites is 2. The summed E-state index contributed by atoms with van der Waals surface area (Å²) in [4.78, 5) is 23.7. The Balaban J connectivity index is 1.43. The lowest BCUT2D eigenvalue weighted by atomic mass is 10.2. The van der Waals surface area contributed by atoms with Crippen molar-refractivity contribution >= 4 is 17.4 Å². The van der Waals surface area contributed by atoms with Crippen LogP contribution >= 0.6 is 0 Å². The van der Waals surface area contributed by atoms with Gasteiger partial charge in [-0.15, -0.1) is 0 Å². The molecular weight excluding hydrogens is 356 g/mol. The van der Waals surface area contributed by atoms with Crippen LogP contribution in [0.25, 0.3) is 0 Å². The van der Waals surface area contributed by atoms with Gasteiger partial charge in [0, 0.05) is 51.0 Å². The van der Waals surface area contributed by atoms with E-state index in [9.17, 15) is 4.79 Å². The van der Waals surface area contributed by atoms with Gasteiger partial charge in [-0.3, -0.25) is 4.79 Å². The molecule has 2 aliphatic heterocycles. The summed E-state index contributed by atoms with van der Waals surface area (Å²) < 4.78 is 10.8. The molecule has 148 valence electrons. The van der Waals surface area contributed by atoms with Crippen LogP contribution in [0.3, 0.4) is 0 Å². The fourth-order valence-corrected chi connectivity index (χ4v) is 3.74. The van der Waals surface area contributed by atoms with Gasteiger partial charge in [0.2, 0.25) is 0 Å². The molecule has 0 atom stereocenters. The zero-order chi connectivity index (χ0) is 19.3. The van der Waals surface area contributed by atoms with Crippen molar-refractivity contribution in [3.8, 4) is 5.75 Å². The molecule has 2 aliphatic rings. The Morgan fingerprint density at radius 1 is 1.00 bits per heavy atom. The van der Waals surface area contributed by atoms with Crippen LogP contribution in [0.15, 0.2) is 42.6 Å². The lowest BCUT2D eigenvalue weighted by molar-refractivity contribution is 0.0303. The van der Waals surface area contributed by atoms with Crippen molar-refractivity contribution in [3.05, 3.63) is 48.2 Å². The molecule has 0 unspecified atom stereocenters. The van der Waals surface area contributed by atoms with Gasteiger partial charge in [-0.05, 0) is 24.3 Å². The van der Waals surface area contributed by atoms with Gasteiger partial charge < -0.3 is 24.2 Å². The number of amides is 1. The van der Waals surface area contributed by atoms with Gasteiger partial charge in [0.15, 0.2) is 0 Å². The fraction of sp³-hybridized carbons (Fsp3) is 0.429. The van der Waals surface area contributed by atoms with Crippen LogP contribution in [0, 0.1) is 0 Å². The molecule has 28 heavy (non-hydrogen) atoms. The van der Waals surface area contributed by atoms with Crippen molar-refractivity contribution in [2.24, 2.45) is 0 Å². The number of benzene rings is 1. The van der Waals surface area contributed by atoms with Gasteiger partial charge in [-0.2, -0.15) is 0 Å². The van der Waals surface area contributed by atoms with E-state index in [1.165, 1.54) is 0 Å². The number of hydrogen-bond donors (Lipinski definition) is 0. The summed E-state index contributed by atoms with van der Waals surface area (Å²) in [5, 5.41) is 0. The Morgan fingerprint density at radius 2 is 1.71 bits per heavy atom. The molecular formula is C21H26N4O3. The molecule has 0 radical (unpaired) electrons. The number of rotatable bonds is 4. The number of morpholine rings is 1. The highest BCUT2D eigenvalue weighted by molar-refractivity contribution is 5.95. The first-order valence-corrected chi connectivity index (χ1v) is 9.72. The zero-order valence-electron chi connectivity index (χ0n) is 16.2. The van der Waals surface area contributed by atoms with E-state index in [-0.39, 0.29) is 5.91 Å². The normalized spacial score (nSPS) is 17.5. The number of hydrogen-bond acceptors (Lipinski definition) is 6. The minimum Gasteiger partial charge on any atom is -0.495 e. The Kier molecular flexibility index (Phi) is 5.62. The third-order valence-corrected chi connectivity index (χ3v) is 5.32. The van der Waals surface area contributed by atoms with Crippen molar-refractivity contribution in [3.63, 3.8) is 0 Å². The van der Waals surface area contributed by atoms with Gasteiger partial charge in [-0.25, -0.2) is 4.98 Å². The molecule has 3 heterocycles. The van der Waals surface area contributed by atoms with Crippen LogP contribution in [-0.2, 0) is 4.74 Å². The molecule has 2 aromatic rings. The summed E-state index contributed by atoms with van der Waals surface area (Å²) in [6, 6.07) is 11.8. The second-order valence-electron chi connectivity index (χ2n) is 6.95. The van der Waals surface area contributed by atoms with E-state index < -0.39 is 0 Å². The number of ether oxygens (including phenoxy) is 2. The van der Waals surface area contributed by atoms with Crippen LogP contribution in [0.5, 0.6) is 5.75 Å². The summed E-state index contributed by atoms with van der Waals surface area (Å²) in [6.45, 7) is 5.96. The molecule has 2 fully saturated rings. The smallest absolute Gasteiger partial charge is 0.254 e. The van der Waals surface area contributed by atoms with E-state index in [0.717, 1.165) is 43.4 Å². The molecule has 0 aliphatic carbocycles. The molecule has 1 aromatic heterocycles. The number of anilines is 2. The number of aromatic nitrogens is 1. The number of methoxy groups -OCH3 is 1. The van der Waals surface area contributed by atoms with Crippen LogP contribution in [0.2, 0.25) is 0 Å². The van der Waals surface area contributed by atoms with Crippen molar-refractivity contribution in [1.29, 1.82) is 0 Å². The number of carbonyl (C=O) groups is 1. The highest BCUT2D eigenvalue weighted by Gasteiger charge is 2.23. The lowest BCUT2D eigenvalue weighted by Crippen LogP contribution is -2.47. The second kappa shape index (κ2) is 8.48. The number of pyridine rings is 1. The topological polar surface area (TPSA) is 58.1 Å². The molecule has 1 amide bonds. The van der Waals surface area contributed by atoms with E-state index in [1.54, 1.807) is 19.4 Å². The molecule has 0 spiro atoms. The molecule has 0 bridgehead atoms. The Hall–Kier alpha value is -2.80. The molecule has 0 N–H and O–H groups in total. The lowest BCUT2D eigenvalue weighted by Gasteiger charge is -2.37. The van der Waals surface area contributed by atoms with Crippen LogP contribution in [0.1, 0.15) is 10.4 Å². The van der Waals surface area contributed by atoms with Crippen LogP contribution < -0.4 is 14.5 Å². The summed E-state index contributed by atoms with van der Waals surface area (Å²) in [5.74, 6) is 1.81. The predicted octanol–water partition coefficient (Wildman–Crippen LogP) is 1.89. The predicted molar refractivity (Wildman–Crippen MR) is 108 cm³/mol. The van der Waals surface area contributed by atoms with Crippen molar-refractivity contribution in [2.75, 3.05) is 69.4 Å². The number of piperazine rings is 1. The van der Waals surface area contributed by atoms with E-state index >= 15 is 0 Å². The molecule has 7 heteroatoms. The summed E-state index contributed by atoms with van der Waals surface area (Å²) in [6.07, 6.45) is 1.73. The SMILES string of the molecule is COc1ccccc1N1CCN(c2cc(C(=O)N3CCOCC3)ccn2)CC1. The van der Waals surface area contributed by atoms with E-state index in [2.05, 4.69) is 20.9 Å². The first-order valence-electron chi connectivity index (χ1n) is 9.72. The average molecular weight is 382 g/mol. The van der Waals surface area contributed by atoms with E-state index in [1.807, 2.05) is 29.2 Å². The van der Waals surface area contributed by atoms with Gasteiger partial charge in [0.25, 0.3) is 5.91 Å². The maximum atomic E-state index is 12.7. The molecule has 2 saturated heterocycles. The monoisotopic (exact) mass is 382 g/mol. The summed E-state index contributed by atoms with van der Waals surface area (Å²) in [7, 11) is 1.70. The van der Waals surface area contributed by atoms with Crippen molar-refractivity contribution < 1.29 is 14.3 Å². The van der Waals surface area contributed by atoms with Gasteiger partial charge in [0.05, 0.1) is 26.0 Å². The highest BCUT2D eigenvalue weighted by Crippen LogP contribution is 2.29. The van der Waals surface area contributed by atoms with E-state index in [4.69, 9.17) is 9.47 Å². The zero-order valence-corrected chi connectivity index (χ0v) is 16.2.